The van der Waals surface area contributed by atoms with Crippen LogP contribution < -0.4 is 16.0 Å². The molecular weight excluding hydrogens is 375 g/mol. The Labute approximate surface area is 167 Å². The maximum absolute atomic E-state index is 14.2. The number of carbonyl (C=O) groups excluding carboxylic acids is 2. The number of amides is 2. The fourth-order valence-electron chi connectivity index (χ4n) is 3.80. The second-order valence-electron chi connectivity index (χ2n) is 7.64. The third kappa shape index (κ3) is 4.18. The van der Waals surface area contributed by atoms with Gasteiger partial charge in [0, 0.05) is 37.2 Å². The Morgan fingerprint density at radius 2 is 2.14 bits per heavy atom. The van der Waals surface area contributed by atoms with Gasteiger partial charge in [-0.3, -0.25) is 14.6 Å². The minimum Gasteiger partial charge on any atom is -0.368 e. The molecule has 0 radical (unpaired) electrons. The highest BCUT2D eigenvalue weighted by Crippen LogP contribution is 2.43. The molecule has 9 heteroatoms. The molecule has 0 aromatic carbocycles. The lowest BCUT2D eigenvalue weighted by molar-refractivity contribution is -0.122. The van der Waals surface area contributed by atoms with Gasteiger partial charge >= 0.3 is 0 Å². The van der Waals surface area contributed by atoms with Crippen LogP contribution >= 0.6 is 0 Å². The standard InChI is InChI=1S/C20H23FN6O2/c21-14-3-1-10-22-18(14)20(8-2-9-20)12-24-16-6-5-15(26-27-16)19(29)25-13-4-7-17(28)23-11-13/h1,3,5-6,10,13H,2,4,7-9,11-12H2,(H,23,28)(H,24,27)(H,25,29)/t13-/m0/s1. The summed E-state index contributed by atoms with van der Waals surface area (Å²) in [6, 6.07) is 6.21. The zero-order valence-corrected chi connectivity index (χ0v) is 15.9. The van der Waals surface area contributed by atoms with Crippen LogP contribution in [-0.2, 0) is 10.2 Å². The van der Waals surface area contributed by atoms with Gasteiger partial charge in [-0.25, -0.2) is 4.39 Å². The lowest BCUT2D eigenvalue weighted by atomic mass is 9.66. The Hall–Kier alpha value is -3.10. The molecule has 1 saturated carbocycles. The van der Waals surface area contributed by atoms with Crippen LogP contribution in [0.3, 0.4) is 0 Å². The van der Waals surface area contributed by atoms with Gasteiger partial charge in [-0.05, 0) is 43.5 Å². The van der Waals surface area contributed by atoms with Crippen molar-refractivity contribution in [2.24, 2.45) is 0 Å². The summed E-state index contributed by atoms with van der Waals surface area (Å²) in [5.41, 5.74) is 0.359. The van der Waals surface area contributed by atoms with Crippen LogP contribution in [-0.4, -0.2) is 46.1 Å². The van der Waals surface area contributed by atoms with Gasteiger partial charge in [0.05, 0.1) is 5.69 Å². The van der Waals surface area contributed by atoms with E-state index in [1.54, 1.807) is 24.4 Å². The van der Waals surface area contributed by atoms with E-state index in [0.717, 1.165) is 19.3 Å². The van der Waals surface area contributed by atoms with E-state index in [1.165, 1.54) is 6.07 Å². The van der Waals surface area contributed by atoms with Crippen LogP contribution in [0, 0.1) is 5.82 Å². The van der Waals surface area contributed by atoms with Gasteiger partial charge in [-0.2, -0.15) is 0 Å². The fourth-order valence-corrected chi connectivity index (χ4v) is 3.80. The molecule has 2 aromatic heterocycles. The van der Waals surface area contributed by atoms with E-state index in [-0.39, 0.29) is 34.8 Å². The molecule has 2 fully saturated rings. The number of hydrogen-bond donors (Lipinski definition) is 3. The highest BCUT2D eigenvalue weighted by Gasteiger charge is 2.41. The summed E-state index contributed by atoms with van der Waals surface area (Å²) in [5.74, 6) is -0.0862. The van der Waals surface area contributed by atoms with Gasteiger partial charge in [-0.15, -0.1) is 10.2 Å². The molecule has 8 nitrogen and oxygen atoms in total. The number of nitrogens with one attached hydrogen (secondary N) is 3. The number of carbonyl (C=O) groups is 2. The van der Waals surface area contributed by atoms with Gasteiger partial charge in [0.1, 0.15) is 11.6 Å². The van der Waals surface area contributed by atoms with Gasteiger partial charge in [-0.1, -0.05) is 6.42 Å². The first kappa shape index (κ1) is 19.2. The van der Waals surface area contributed by atoms with Crippen molar-refractivity contribution >= 4 is 17.6 Å². The number of halogens is 1. The van der Waals surface area contributed by atoms with Crippen molar-refractivity contribution in [1.82, 2.24) is 25.8 Å². The molecule has 0 unspecified atom stereocenters. The zero-order chi connectivity index (χ0) is 20.3. The van der Waals surface area contributed by atoms with E-state index in [2.05, 4.69) is 31.1 Å². The van der Waals surface area contributed by atoms with Crippen molar-refractivity contribution in [1.29, 1.82) is 0 Å². The first-order valence-electron chi connectivity index (χ1n) is 9.82. The van der Waals surface area contributed by atoms with Crippen LogP contribution in [0.4, 0.5) is 10.2 Å². The van der Waals surface area contributed by atoms with Crippen molar-refractivity contribution in [3.05, 3.63) is 47.7 Å². The Balaban J connectivity index is 1.35. The molecule has 29 heavy (non-hydrogen) atoms. The van der Waals surface area contributed by atoms with Gasteiger partial charge < -0.3 is 16.0 Å². The topological polar surface area (TPSA) is 109 Å². The molecule has 2 aromatic rings. The number of rotatable bonds is 6. The summed E-state index contributed by atoms with van der Waals surface area (Å²) in [4.78, 5) is 27.7. The third-order valence-corrected chi connectivity index (χ3v) is 5.68. The smallest absolute Gasteiger partial charge is 0.272 e. The van der Waals surface area contributed by atoms with E-state index in [9.17, 15) is 14.0 Å². The normalized spacial score (nSPS) is 20.3. The van der Waals surface area contributed by atoms with Gasteiger partial charge in [0.25, 0.3) is 5.91 Å². The highest BCUT2D eigenvalue weighted by atomic mass is 19.1. The van der Waals surface area contributed by atoms with E-state index >= 15 is 0 Å². The number of nitrogens with zero attached hydrogens (tertiary/aromatic N) is 3. The van der Waals surface area contributed by atoms with Crippen molar-refractivity contribution < 1.29 is 14.0 Å². The zero-order valence-electron chi connectivity index (χ0n) is 15.9. The quantitative estimate of drug-likeness (QED) is 0.681. The van der Waals surface area contributed by atoms with Crippen molar-refractivity contribution in [2.45, 2.75) is 43.6 Å². The number of pyridine rings is 1. The van der Waals surface area contributed by atoms with Gasteiger partial charge in [0.2, 0.25) is 5.91 Å². The summed E-state index contributed by atoms with van der Waals surface area (Å²) in [6.45, 7) is 0.923. The molecule has 3 N–H and O–H groups in total. The lowest BCUT2D eigenvalue weighted by Crippen LogP contribution is -2.47. The predicted molar refractivity (Wildman–Crippen MR) is 104 cm³/mol. The van der Waals surface area contributed by atoms with E-state index in [1.807, 2.05) is 0 Å². The van der Waals surface area contributed by atoms with E-state index in [4.69, 9.17) is 0 Å². The SMILES string of the molecule is O=C1CC[C@H](NC(=O)c2ccc(NCC3(c4ncccc4F)CCC3)nn2)CN1. The maximum Gasteiger partial charge on any atom is 0.272 e. The van der Waals surface area contributed by atoms with Crippen LogP contribution in [0.15, 0.2) is 30.5 Å². The van der Waals surface area contributed by atoms with Crippen LogP contribution in [0.2, 0.25) is 0 Å². The monoisotopic (exact) mass is 398 g/mol. The molecule has 4 rings (SSSR count). The summed E-state index contributed by atoms with van der Waals surface area (Å²) in [5, 5.41) is 16.9. The third-order valence-electron chi connectivity index (χ3n) is 5.68. The second kappa shape index (κ2) is 8.10. The molecule has 1 aliphatic carbocycles. The maximum atomic E-state index is 14.2. The number of piperidine rings is 1. The fraction of sp³-hybridized carbons (Fsp3) is 0.450. The number of aromatic nitrogens is 3. The van der Waals surface area contributed by atoms with E-state index in [0.29, 0.717) is 37.4 Å². The summed E-state index contributed by atoms with van der Waals surface area (Å²) in [6.07, 6.45) is 5.38. The predicted octanol–water partition coefficient (Wildman–Crippen LogP) is 1.55. The Morgan fingerprint density at radius 3 is 2.76 bits per heavy atom. The molecule has 1 atom stereocenters. The van der Waals surface area contributed by atoms with Crippen molar-refractivity contribution in [2.75, 3.05) is 18.4 Å². The largest absolute Gasteiger partial charge is 0.368 e. The molecule has 2 amide bonds. The van der Waals surface area contributed by atoms with Gasteiger partial charge in [0.15, 0.2) is 5.69 Å². The summed E-state index contributed by atoms with van der Waals surface area (Å²) < 4.78 is 14.2. The molecule has 0 bridgehead atoms. The molecule has 0 spiro atoms. The molecule has 152 valence electrons. The first-order valence-corrected chi connectivity index (χ1v) is 9.82. The highest BCUT2D eigenvalue weighted by molar-refractivity contribution is 5.92. The van der Waals surface area contributed by atoms with Crippen LogP contribution in [0.25, 0.3) is 0 Å². The molecule has 1 aliphatic heterocycles. The molecule has 3 heterocycles. The van der Waals surface area contributed by atoms with Crippen LogP contribution in [0.1, 0.15) is 48.3 Å². The second-order valence-corrected chi connectivity index (χ2v) is 7.64. The molecule has 2 aliphatic rings. The average Bonchev–Trinajstić information content (AvgIpc) is 2.70. The Morgan fingerprint density at radius 1 is 1.28 bits per heavy atom. The lowest BCUT2D eigenvalue weighted by Gasteiger charge is -2.41. The van der Waals surface area contributed by atoms with Crippen LogP contribution in [0.5, 0.6) is 0 Å². The average molecular weight is 398 g/mol. The first-order chi connectivity index (χ1) is 14.1. The van der Waals surface area contributed by atoms with Crippen molar-refractivity contribution in [3.63, 3.8) is 0 Å². The van der Waals surface area contributed by atoms with E-state index < -0.39 is 0 Å². The molecular formula is C20H23FN6O2. The summed E-state index contributed by atoms with van der Waals surface area (Å²) in [7, 11) is 0. The number of anilines is 1. The molecule has 1 saturated heterocycles. The minimum absolute atomic E-state index is 0.000497. The number of hydrogen-bond acceptors (Lipinski definition) is 6. The Bertz CT molecular complexity index is 890. The Kier molecular flexibility index (Phi) is 5.37. The summed E-state index contributed by atoms with van der Waals surface area (Å²) >= 11 is 0. The minimum atomic E-state index is -0.339. The van der Waals surface area contributed by atoms with Crippen molar-refractivity contribution in [3.8, 4) is 0 Å².